The molecule has 1 saturated heterocycles. The van der Waals surface area contributed by atoms with Crippen molar-refractivity contribution in [3.05, 3.63) is 59.2 Å². The molecule has 3 heterocycles. The number of urea groups is 1. The van der Waals surface area contributed by atoms with Crippen molar-refractivity contribution >= 4 is 17.8 Å². The summed E-state index contributed by atoms with van der Waals surface area (Å²) in [5, 5.41) is 2.75. The first-order valence-electron chi connectivity index (χ1n) is 10.3. The Labute approximate surface area is 179 Å². The molecule has 0 spiro atoms. The number of imide groups is 1. The summed E-state index contributed by atoms with van der Waals surface area (Å²) < 4.78 is 11.1. The monoisotopic (exact) mass is 421 g/mol. The zero-order chi connectivity index (χ0) is 21.6. The molecule has 5 rings (SSSR count). The van der Waals surface area contributed by atoms with Crippen LogP contribution in [0.15, 0.2) is 42.5 Å². The van der Waals surface area contributed by atoms with Gasteiger partial charge in [0.2, 0.25) is 5.91 Å². The van der Waals surface area contributed by atoms with E-state index in [1.165, 1.54) is 5.56 Å². The fourth-order valence-electron chi connectivity index (χ4n) is 4.33. The summed E-state index contributed by atoms with van der Waals surface area (Å²) in [6, 6.07) is 12.6. The third kappa shape index (κ3) is 3.28. The van der Waals surface area contributed by atoms with E-state index in [0.29, 0.717) is 43.4 Å². The van der Waals surface area contributed by atoms with Gasteiger partial charge in [0, 0.05) is 13.1 Å². The third-order valence-electron chi connectivity index (χ3n) is 6.17. The standard InChI is InChI=1S/C23H23N3O5/c1-23(17-6-7-18-19(12-17)31-11-10-30-18)21(28)26(22(29)24-23)14-20(27)25-9-8-15-4-2-3-5-16(15)13-25/h2-7,12H,8-11,13-14H2,1H3,(H,24,29). The van der Waals surface area contributed by atoms with E-state index in [0.717, 1.165) is 16.9 Å². The van der Waals surface area contributed by atoms with E-state index in [1.54, 1.807) is 30.0 Å². The SMILES string of the molecule is CC1(c2ccc3c(c2)OCCO3)NC(=O)N(CC(=O)N2CCc3ccccc3C2)C1=O. The maximum Gasteiger partial charge on any atom is 0.325 e. The van der Waals surface area contributed by atoms with Crippen molar-refractivity contribution in [1.82, 2.24) is 15.1 Å². The highest BCUT2D eigenvalue weighted by atomic mass is 16.6. The van der Waals surface area contributed by atoms with Crippen LogP contribution in [0.25, 0.3) is 0 Å². The van der Waals surface area contributed by atoms with Gasteiger partial charge in [-0.25, -0.2) is 4.79 Å². The zero-order valence-electron chi connectivity index (χ0n) is 17.2. The quantitative estimate of drug-likeness (QED) is 0.764. The molecule has 2 aromatic carbocycles. The van der Waals surface area contributed by atoms with Gasteiger partial charge in [-0.15, -0.1) is 0 Å². The smallest absolute Gasteiger partial charge is 0.325 e. The summed E-state index contributed by atoms with van der Waals surface area (Å²) in [7, 11) is 0. The second-order valence-electron chi connectivity index (χ2n) is 8.14. The van der Waals surface area contributed by atoms with Gasteiger partial charge in [-0.2, -0.15) is 0 Å². The van der Waals surface area contributed by atoms with Gasteiger partial charge in [0.05, 0.1) is 0 Å². The highest BCUT2D eigenvalue weighted by Gasteiger charge is 2.50. The first kappa shape index (κ1) is 19.4. The molecule has 8 nitrogen and oxygen atoms in total. The third-order valence-corrected chi connectivity index (χ3v) is 6.17. The average molecular weight is 421 g/mol. The molecule has 1 N–H and O–H groups in total. The minimum absolute atomic E-state index is 0.246. The summed E-state index contributed by atoms with van der Waals surface area (Å²) in [5.41, 5.74) is 1.63. The van der Waals surface area contributed by atoms with Crippen LogP contribution < -0.4 is 14.8 Å². The summed E-state index contributed by atoms with van der Waals surface area (Å²) in [5.74, 6) is 0.436. The van der Waals surface area contributed by atoms with Gasteiger partial charge >= 0.3 is 6.03 Å². The number of hydrogen-bond acceptors (Lipinski definition) is 5. The molecule has 0 bridgehead atoms. The molecule has 0 aromatic heterocycles. The Morgan fingerprint density at radius 3 is 2.61 bits per heavy atom. The Morgan fingerprint density at radius 1 is 1.06 bits per heavy atom. The molecule has 8 heteroatoms. The molecule has 160 valence electrons. The van der Waals surface area contributed by atoms with E-state index in [9.17, 15) is 14.4 Å². The number of carbonyl (C=O) groups is 3. The van der Waals surface area contributed by atoms with Gasteiger partial charge in [0.1, 0.15) is 25.3 Å². The summed E-state index contributed by atoms with van der Waals surface area (Å²) in [4.78, 5) is 41.5. The van der Waals surface area contributed by atoms with Crippen molar-refractivity contribution in [3.63, 3.8) is 0 Å². The minimum Gasteiger partial charge on any atom is -0.486 e. The van der Waals surface area contributed by atoms with Gasteiger partial charge in [0.15, 0.2) is 11.5 Å². The normalized spacial score (nSPS) is 22.2. The highest BCUT2D eigenvalue weighted by molar-refractivity contribution is 6.09. The molecule has 0 aliphatic carbocycles. The number of ether oxygens (including phenoxy) is 2. The van der Waals surface area contributed by atoms with Gasteiger partial charge < -0.3 is 19.7 Å². The van der Waals surface area contributed by atoms with Crippen molar-refractivity contribution in [2.24, 2.45) is 0 Å². The number of carbonyl (C=O) groups excluding carboxylic acids is 3. The van der Waals surface area contributed by atoms with Crippen LogP contribution in [0.3, 0.4) is 0 Å². The first-order chi connectivity index (χ1) is 15.0. The zero-order valence-corrected chi connectivity index (χ0v) is 17.2. The number of amides is 4. The van der Waals surface area contributed by atoms with Crippen LogP contribution in [0, 0.1) is 0 Å². The van der Waals surface area contributed by atoms with Crippen molar-refractivity contribution in [1.29, 1.82) is 0 Å². The Morgan fingerprint density at radius 2 is 1.81 bits per heavy atom. The largest absolute Gasteiger partial charge is 0.486 e. The Kier molecular flexibility index (Phi) is 4.57. The van der Waals surface area contributed by atoms with Crippen LogP contribution in [0.5, 0.6) is 11.5 Å². The molecule has 4 amide bonds. The van der Waals surface area contributed by atoms with Crippen LogP contribution >= 0.6 is 0 Å². The molecule has 2 aromatic rings. The second kappa shape index (κ2) is 7.30. The Bertz CT molecular complexity index is 1080. The van der Waals surface area contributed by atoms with Crippen LogP contribution in [0.4, 0.5) is 4.79 Å². The van der Waals surface area contributed by atoms with Crippen LogP contribution in [-0.2, 0) is 28.1 Å². The Balaban J connectivity index is 1.33. The molecular weight excluding hydrogens is 398 g/mol. The minimum atomic E-state index is -1.28. The van der Waals surface area contributed by atoms with Crippen LogP contribution in [0.2, 0.25) is 0 Å². The highest BCUT2D eigenvalue weighted by Crippen LogP contribution is 2.36. The number of hydrogen-bond donors (Lipinski definition) is 1. The van der Waals surface area contributed by atoms with Crippen molar-refractivity contribution in [3.8, 4) is 11.5 Å². The summed E-state index contributed by atoms with van der Waals surface area (Å²) in [6.07, 6.45) is 0.761. The molecule has 3 aliphatic rings. The fraction of sp³-hybridized carbons (Fsp3) is 0.348. The number of benzene rings is 2. The van der Waals surface area contributed by atoms with Crippen molar-refractivity contribution in [2.75, 3.05) is 26.3 Å². The van der Waals surface area contributed by atoms with Crippen molar-refractivity contribution in [2.45, 2.75) is 25.4 Å². The predicted octanol–water partition coefficient (Wildman–Crippen LogP) is 1.81. The lowest BCUT2D eigenvalue weighted by Gasteiger charge is -2.30. The van der Waals surface area contributed by atoms with E-state index >= 15 is 0 Å². The first-order valence-corrected chi connectivity index (χ1v) is 10.3. The Hall–Kier alpha value is -3.55. The second-order valence-corrected chi connectivity index (χ2v) is 8.14. The number of rotatable bonds is 3. The topological polar surface area (TPSA) is 88.2 Å². The predicted molar refractivity (Wildman–Crippen MR) is 111 cm³/mol. The van der Waals surface area contributed by atoms with Gasteiger partial charge in [-0.1, -0.05) is 30.3 Å². The van der Waals surface area contributed by atoms with Gasteiger partial charge in [0.25, 0.3) is 5.91 Å². The molecule has 1 fully saturated rings. The van der Waals surface area contributed by atoms with E-state index in [1.807, 2.05) is 18.2 Å². The van der Waals surface area contributed by atoms with Gasteiger partial charge in [-0.3, -0.25) is 14.5 Å². The maximum absolute atomic E-state index is 13.2. The molecular formula is C23H23N3O5. The summed E-state index contributed by atoms with van der Waals surface area (Å²) >= 11 is 0. The van der Waals surface area contributed by atoms with E-state index in [-0.39, 0.29) is 12.5 Å². The lowest BCUT2D eigenvalue weighted by atomic mass is 9.91. The molecule has 31 heavy (non-hydrogen) atoms. The molecule has 1 atom stereocenters. The van der Waals surface area contributed by atoms with Crippen LogP contribution in [-0.4, -0.2) is 53.9 Å². The number of nitrogens with one attached hydrogen (secondary N) is 1. The molecule has 3 aliphatic heterocycles. The van der Waals surface area contributed by atoms with E-state index < -0.39 is 17.5 Å². The lowest BCUT2D eigenvalue weighted by molar-refractivity contribution is -0.139. The van der Waals surface area contributed by atoms with Gasteiger partial charge in [-0.05, 0) is 42.2 Å². The molecule has 0 saturated carbocycles. The number of fused-ring (bicyclic) bond motifs is 2. The van der Waals surface area contributed by atoms with E-state index in [2.05, 4.69) is 11.4 Å². The van der Waals surface area contributed by atoms with E-state index in [4.69, 9.17) is 9.47 Å². The van der Waals surface area contributed by atoms with Crippen molar-refractivity contribution < 1.29 is 23.9 Å². The molecule has 0 radical (unpaired) electrons. The average Bonchev–Trinajstić information content (AvgIpc) is 3.02. The molecule has 1 unspecified atom stereocenters. The fourth-order valence-corrected chi connectivity index (χ4v) is 4.33. The summed E-state index contributed by atoms with van der Waals surface area (Å²) in [6.45, 7) is 3.30. The van der Waals surface area contributed by atoms with Crippen LogP contribution in [0.1, 0.15) is 23.6 Å². The maximum atomic E-state index is 13.2. The number of nitrogens with zero attached hydrogens (tertiary/aromatic N) is 2. The lowest BCUT2D eigenvalue weighted by Crippen LogP contribution is -2.45.